The second-order valence-electron chi connectivity index (χ2n) is 8.70. The molecule has 0 spiro atoms. The van der Waals surface area contributed by atoms with E-state index in [4.69, 9.17) is 10.5 Å². The highest BCUT2D eigenvalue weighted by atomic mass is 19.1. The molecule has 5 rings (SSSR count). The van der Waals surface area contributed by atoms with Gasteiger partial charge in [-0.3, -0.25) is 4.79 Å². The van der Waals surface area contributed by atoms with E-state index in [0.717, 1.165) is 11.6 Å². The maximum Gasteiger partial charge on any atom is 0.258 e. The summed E-state index contributed by atoms with van der Waals surface area (Å²) in [6.07, 6.45) is 0.202. The van der Waals surface area contributed by atoms with Gasteiger partial charge in [-0.2, -0.15) is 0 Å². The van der Waals surface area contributed by atoms with Crippen LogP contribution in [0.1, 0.15) is 38.9 Å². The van der Waals surface area contributed by atoms with Crippen LogP contribution in [0.3, 0.4) is 0 Å². The summed E-state index contributed by atoms with van der Waals surface area (Å²) in [4.78, 5) is 23.9. The molecule has 2 N–H and O–H groups in total. The highest BCUT2D eigenvalue weighted by Gasteiger charge is 2.38. The lowest BCUT2D eigenvalue weighted by molar-refractivity contribution is 0.0621. The molecule has 182 valence electrons. The number of anilines is 1. The van der Waals surface area contributed by atoms with E-state index in [1.165, 1.54) is 6.07 Å². The molecule has 1 atom stereocenters. The smallest absolute Gasteiger partial charge is 0.258 e. The molecule has 2 heterocycles. The third-order valence-corrected chi connectivity index (χ3v) is 6.44. The Morgan fingerprint density at radius 2 is 1.78 bits per heavy atom. The van der Waals surface area contributed by atoms with Crippen molar-refractivity contribution in [1.29, 1.82) is 0 Å². The van der Waals surface area contributed by atoms with Crippen molar-refractivity contribution in [3.63, 3.8) is 0 Å². The molecule has 0 saturated carbocycles. The number of aromatic nitrogens is 2. The number of benzene rings is 3. The van der Waals surface area contributed by atoms with Crippen LogP contribution in [0.2, 0.25) is 0 Å². The number of nitrogen functional groups attached to an aromatic ring is 1. The first kappa shape index (κ1) is 23.4. The van der Waals surface area contributed by atoms with Gasteiger partial charge in [-0.15, -0.1) is 0 Å². The van der Waals surface area contributed by atoms with Gasteiger partial charge in [0.1, 0.15) is 17.4 Å². The molecule has 0 fully saturated rings. The molecule has 3 aromatic carbocycles. The normalized spacial score (nSPS) is 15.1. The summed E-state index contributed by atoms with van der Waals surface area (Å²) in [7, 11) is 1.55. The van der Waals surface area contributed by atoms with Crippen LogP contribution in [-0.2, 0) is 13.0 Å². The van der Waals surface area contributed by atoms with Gasteiger partial charge in [0.15, 0.2) is 0 Å². The van der Waals surface area contributed by atoms with Gasteiger partial charge in [0.05, 0.1) is 30.1 Å². The van der Waals surface area contributed by atoms with Gasteiger partial charge >= 0.3 is 0 Å². The first-order chi connectivity index (χ1) is 17.4. The molecule has 8 heteroatoms. The average Bonchev–Trinajstić information content (AvgIpc) is 2.85. The topological polar surface area (TPSA) is 81.3 Å². The lowest BCUT2D eigenvalue weighted by Gasteiger charge is -2.38. The van der Waals surface area contributed by atoms with E-state index in [2.05, 4.69) is 9.97 Å². The minimum atomic E-state index is -0.753. The Bertz CT molecular complexity index is 1440. The van der Waals surface area contributed by atoms with E-state index in [-0.39, 0.29) is 30.4 Å². The number of nitrogens with two attached hydrogens (primary N) is 1. The Kier molecular flexibility index (Phi) is 6.10. The lowest BCUT2D eigenvalue weighted by atomic mass is 9.86. The molecule has 1 aliphatic rings. The zero-order valence-electron chi connectivity index (χ0n) is 19.8. The summed E-state index contributed by atoms with van der Waals surface area (Å²) in [5.74, 6) is -1.11. The maximum atomic E-state index is 15.6. The number of aryl methyl sites for hydroxylation is 1. The van der Waals surface area contributed by atoms with Crippen LogP contribution in [0.15, 0.2) is 66.7 Å². The molecular weight excluding hydrogens is 462 g/mol. The molecule has 36 heavy (non-hydrogen) atoms. The second-order valence-corrected chi connectivity index (χ2v) is 8.70. The number of hydrogen-bond acceptors (Lipinski definition) is 5. The average molecular weight is 487 g/mol. The Morgan fingerprint density at radius 1 is 1.06 bits per heavy atom. The molecule has 0 unspecified atom stereocenters. The molecule has 0 radical (unpaired) electrons. The summed E-state index contributed by atoms with van der Waals surface area (Å²) >= 11 is 0. The van der Waals surface area contributed by atoms with Crippen LogP contribution in [0.4, 0.5) is 14.7 Å². The predicted molar refractivity (Wildman–Crippen MR) is 132 cm³/mol. The van der Waals surface area contributed by atoms with Crippen molar-refractivity contribution in [2.45, 2.75) is 25.9 Å². The summed E-state index contributed by atoms with van der Waals surface area (Å²) in [5, 5.41) is 0. The molecule has 1 aromatic heterocycles. The van der Waals surface area contributed by atoms with Gasteiger partial charge in [0.25, 0.3) is 5.91 Å². The zero-order chi connectivity index (χ0) is 25.4. The van der Waals surface area contributed by atoms with E-state index >= 15 is 4.39 Å². The number of carbonyl (C=O) groups is 1. The monoisotopic (exact) mass is 486 g/mol. The zero-order valence-corrected chi connectivity index (χ0v) is 19.8. The highest BCUT2D eigenvalue weighted by molar-refractivity contribution is 5.98. The Hall–Kier alpha value is -4.33. The van der Waals surface area contributed by atoms with Crippen molar-refractivity contribution in [2.75, 3.05) is 12.8 Å². The van der Waals surface area contributed by atoms with Gasteiger partial charge in [-0.05, 0) is 41.8 Å². The fraction of sp³-hybridized carbons (Fsp3) is 0.179. The van der Waals surface area contributed by atoms with E-state index in [0.29, 0.717) is 33.8 Å². The van der Waals surface area contributed by atoms with Crippen LogP contribution < -0.4 is 10.5 Å². The van der Waals surface area contributed by atoms with Crippen LogP contribution in [0.25, 0.3) is 11.1 Å². The third kappa shape index (κ3) is 4.26. The van der Waals surface area contributed by atoms with Crippen molar-refractivity contribution in [2.24, 2.45) is 0 Å². The number of carbonyl (C=O) groups excluding carboxylic acids is 1. The Morgan fingerprint density at radius 3 is 2.47 bits per heavy atom. The number of hydrogen-bond donors (Lipinski definition) is 1. The molecule has 0 aliphatic carbocycles. The minimum Gasteiger partial charge on any atom is -0.497 e. The molecule has 1 aliphatic heterocycles. The molecule has 0 bridgehead atoms. The Balaban J connectivity index is 1.70. The SMILES string of the molecule is COc1ccc(-c2cc(F)cc(F)c2[C@H]2Cc3nc(N)nc(C)c3C(=O)N2Cc2ccccc2)cc1. The maximum absolute atomic E-state index is 15.6. The first-order valence-corrected chi connectivity index (χ1v) is 11.5. The lowest BCUT2D eigenvalue weighted by Crippen LogP contribution is -2.41. The molecule has 6 nitrogen and oxygen atoms in total. The van der Waals surface area contributed by atoms with Gasteiger partial charge in [-0.25, -0.2) is 18.7 Å². The summed E-state index contributed by atoms with van der Waals surface area (Å²) in [6.45, 7) is 1.93. The van der Waals surface area contributed by atoms with Gasteiger partial charge in [0.2, 0.25) is 5.95 Å². The Labute approximate surface area is 207 Å². The van der Waals surface area contributed by atoms with Crippen LogP contribution >= 0.6 is 0 Å². The largest absolute Gasteiger partial charge is 0.497 e. The summed E-state index contributed by atoms with van der Waals surface area (Å²) in [6, 6.07) is 17.8. The van der Waals surface area contributed by atoms with Gasteiger partial charge in [-0.1, -0.05) is 42.5 Å². The first-order valence-electron chi connectivity index (χ1n) is 11.5. The quantitative estimate of drug-likeness (QED) is 0.416. The highest BCUT2D eigenvalue weighted by Crippen LogP contribution is 2.41. The number of rotatable bonds is 5. The van der Waals surface area contributed by atoms with Crippen molar-refractivity contribution in [1.82, 2.24) is 14.9 Å². The van der Waals surface area contributed by atoms with E-state index in [9.17, 15) is 9.18 Å². The standard InChI is InChI=1S/C28H24F2N4O2/c1-16-25-23(33-28(31)32-16)14-24(34(27(25)35)15-17-6-4-3-5-7-17)26-21(12-19(29)13-22(26)30)18-8-10-20(36-2)11-9-18/h3-13,24H,14-15H2,1-2H3,(H2,31,32,33)/t24-/m1/s1. The van der Waals surface area contributed by atoms with E-state index < -0.39 is 17.7 Å². The van der Waals surface area contributed by atoms with Gasteiger partial charge < -0.3 is 15.4 Å². The van der Waals surface area contributed by atoms with Crippen LogP contribution in [0, 0.1) is 18.6 Å². The number of ether oxygens (including phenoxy) is 1. The molecule has 4 aromatic rings. The van der Waals surface area contributed by atoms with Crippen LogP contribution in [0.5, 0.6) is 5.75 Å². The van der Waals surface area contributed by atoms with Crippen LogP contribution in [-0.4, -0.2) is 27.9 Å². The predicted octanol–water partition coefficient (Wildman–Crippen LogP) is 5.26. The van der Waals surface area contributed by atoms with Crippen molar-refractivity contribution >= 4 is 11.9 Å². The number of fused-ring (bicyclic) bond motifs is 1. The second kappa shape index (κ2) is 9.37. The molecule has 0 saturated heterocycles. The van der Waals surface area contributed by atoms with E-state index in [1.54, 1.807) is 43.2 Å². The summed E-state index contributed by atoms with van der Waals surface area (Å²) < 4.78 is 35.4. The number of halogens is 2. The fourth-order valence-corrected chi connectivity index (χ4v) is 4.81. The fourth-order valence-electron chi connectivity index (χ4n) is 4.81. The third-order valence-electron chi connectivity index (χ3n) is 6.44. The summed E-state index contributed by atoms with van der Waals surface area (Å²) in [5.41, 5.74) is 9.21. The molecule has 1 amide bonds. The van der Waals surface area contributed by atoms with Gasteiger partial charge in [0, 0.05) is 24.6 Å². The molecular formula is C28H24F2N4O2. The van der Waals surface area contributed by atoms with E-state index in [1.807, 2.05) is 30.3 Å². The van der Waals surface area contributed by atoms with Crippen molar-refractivity contribution in [3.05, 3.63) is 106 Å². The van der Waals surface area contributed by atoms with Crippen molar-refractivity contribution < 1.29 is 18.3 Å². The number of amides is 1. The minimum absolute atomic E-state index is 0.0456. The number of methoxy groups -OCH3 is 1. The van der Waals surface area contributed by atoms with Crippen molar-refractivity contribution in [3.8, 4) is 16.9 Å². The number of nitrogens with zero attached hydrogens (tertiary/aromatic N) is 3.